The van der Waals surface area contributed by atoms with Crippen molar-refractivity contribution in [3.8, 4) is 0 Å². The van der Waals surface area contributed by atoms with E-state index in [-0.39, 0.29) is 11.5 Å². The van der Waals surface area contributed by atoms with Crippen LogP contribution in [0.3, 0.4) is 0 Å². The monoisotopic (exact) mass is 281 g/mol. The minimum atomic E-state index is -3.31. The van der Waals surface area contributed by atoms with Gasteiger partial charge in [0.05, 0.1) is 17.1 Å². The third-order valence-electron chi connectivity index (χ3n) is 2.87. The number of aromatic nitrogens is 1. The normalized spacial score (nSPS) is 11.7. The van der Waals surface area contributed by atoms with Crippen molar-refractivity contribution >= 4 is 26.7 Å². The largest absolute Gasteiger partial charge is 0.462 e. The summed E-state index contributed by atoms with van der Waals surface area (Å²) in [6.45, 7) is 3.76. The number of aryl methyl sites for hydroxylation is 1. The third kappa shape index (κ3) is 2.49. The molecular weight excluding hydrogens is 266 g/mol. The van der Waals surface area contributed by atoms with Crippen LogP contribution in [0.1, 0.15) is 23.0 Å². The van der Waals surface area contributed by atoms with Crippen molar-refractivity contribution in [2.24, 2.45) is 0 Å². The molecule has 0 amide bonds. The number of carbonyl (C=O) groups excluding carboxylic acids is 1. The number of H-pyrrole nitrogens is 1. The maximum absolute atomic E-state index is 11.9. The highest BCUT2D eigenvalue weighted by Gasteiger charge is 2.19. The lowest BCUT2D eigenvalue weighted by Crippen LogP contribution is -2.05. The summed E-state index contributed by atoms with van der Waals surface area (Å²) in [5, 5.41) is 0.568. The minimum Gasteiger partial charge on any atom is -0.462 e. The molecule has 0 atom stereocenters. The molecule has 0 saturated carbocycles. The van der Waals surface area contributed by atoms with E-state index in [4.69, 9.17) is 4.74 Å². The molecule has 0 saturated heterocycles. The maximum atomic E-state index is 11.9. The average Bonchev–Trinajstić information content (AvgIpc) is 2.62. The molecule has 1 N–H and O–H groups in total. The van der Waals surface area contributed by atoms with E-state index in [1.54, 1.807) is 19.9 Å². The standard InChI is InChI=1S/C13H15NO4S/c1-4-18-13(15)12-8(2)14-11-6-5-9(7-10(11)12)19(3,16)17/h5-7,14H,4H2,1-3H3. The molecule has 0 spiro atoms. The molecule has 1 heterocycles. The zero-order valence-corrected chi connectivity index (χ0v) is 11.8. The van der Waals surface area contributed by atoms with Gasteiger partial charge in [-0.2, -0.15) is 0 Å². The van der Waals surface area contributed by atoms with Crippen LogP contribution in [-0.2, 0) is 14.6 Å². The molecule has 0 aliphatic heterocycles. The zero-order chi connectivity index (χ0) is 14.2. The Morgan fingerprint density at radius 1 is 1.37 bits per heavy atom. The summed E-state index contributed by atoms with van der Waals surface area (Å²) >= 11 is 0. The number of rotatable bonds is 3. The van der Waals surface area contributed by atoms with Gasteiger partial charge >= 0.3 is 5.97 Å². The van der Waals surface area contributed by atoms with Gasteiger partial charge in [-0.15, -0.1) is 0 Å². The van der Waals surface area contributed by atoms with E-state index in [1.807, 2.05) is 0 Å². The molecule has 0 bridgehead atoms. The zero-order valence-electron chi connectivity index (χ0n) is 11.0. The number of carbonyl (C=O) groups is 1. The van der Waals surface area contributed by atoms with Crippen molar-refractivity contribution in [2.45, 2.75) is 18.7 Å². The van der Waals surface area contributed by atoms with E-state index in [0.29, 0.717) is 22.2 Å². The first kappa shape index (κ1) is 13.6. The number of sulfone groups is 1. The summed E-state index contributed by atoms with van der Waals surface area (Å²) < 4.78 is 28.1. The average molecular weight is 281 g/mol. The molecule has 102 valence electrons. The molecule has 0 aliphatic carbocycles. The summed E-state index contributed by atoms with van der Waals surface area (Å²) in [7, 11) is -3.31. The van der Waals surface area contributed by atoms with Gasteiger partial charge in [-0.3, -0.25) is 0 Å². The van der Waals surface area contributed by atoms with Crippen LogP contribution >= 0.6 is 0 Å². The summed E-state index contributed by atoms with van der Waals surface area (Å²) in [5.41, 5.74) is 1.77. The number of benzene rings is 1. The quantitative estimate of drug-likeness (QED) is 0.874. The number of fused-ring (bicyclic) bond motifs is 1. The fourth-order valence-electron chi connectivity index (χ4n) is 2.00. The Bertz CT molecular complexity index is 743. The van der Waals surface area contributed by atoms with E-state index in [1.165, 1.54) is 12.1 Å². The highest BCUT2D eigenvalue weighted by atomic mass is 32.2. The van der Waals surface area contributed by atoms with Crippen LogP contribution in [0.25, 0.3) is 10.9 Å². The molecule has 1 aromatic carbocycles. The Morgan fingerprint density at radius 2 is 2.05 bits per heavy atom. The van der Waals surface area contributed by atoms with Gasteiger partial charge in [-0.05, 0) is 32.0 Å². The molecule has 2 aromatic rings. The van der Waals surface area contributed by atoms with Crippen molar-refractivity contribution < 1.29 is 17.9 Å². The first-order valence-corrected chi connectivity index (χ1v) is 7.73. The van der Waals surface area contributed by atoms with Gasteiger partial charge in [0, 0.05) is 22.9 Å². The van der Waals surface area contributed by atoms with Crippen LogP contribution in [0, 0.1) is 6.92 Å². The predicted molar refractivity (Wildman–Crippen MR) is 72.1 cm³/mol. The second kappa shape index (κ2) is 4.70. The Labute approximate surface area is 111 Å². The first-order valence-electron chi connectivity index (χ1n) is 5.84. The Hall–Kier alpha value is -1.82. The molecule has 1 aromatic heterocycles. The second-order valence-electron chi connectivity index (χ2n) is 4.33. The Kier molecular flexibility index (Phi) is 3.36. The van der Waals surface area contributed by atoms with Crippen molar-refractivity contribution in [2.75, 3.05) is 12.9 Å². The number of ether oxygens (including phenoxy) is 1. The van der Waals surface area contributed by atoms with Crippen molar-refractivity contribution in [3.05, 3.63) is 29.5 Å². The van der Waals surface area contributed by atoms with Crippen LogP contribution in [-0.4, -0.2) is 32.2 Å². The van der Waals surface area contributed by atoms with Gasteiger partial charge in [0.15, 0.2) is 9.84 Å². The summed E-state index contributed by atoms with van der Waals surface area (Å²) in [6.07, 6.45) is 1.14. The smallest absolute Gasteiger partial charge is 0.340 e. The van der Waals surface area contributed by atoms with E-state index in [9.17, 15) is 13.2 Å². The summed E-state index contributed by atoms with van der Waals surface area (Å²) in [4.78, 5) is 15.1. The highest BCUT2D eigenvalue weighted by Crippen LogP contribution is 2.25. The Balaban J connectivity index is 2.70. The molecule has 0 aliphatic rings. The van der Waals surface area contributed by atoms with E-state index in [0.717, 1.165) is 6.26 Å². The van der Waals surface area contributed by atoms with Crippen LogP contribution in [0.2, 0.25) is 0 Å². The number of esters is 1. The van der Waals surface area contributed by atoms with E-state index < -0.39 is 15.8 Å². The fraction of sp³-hybridized carbons (Fsp3) is 0.308. The van der Waals surface area contributed by atoms with Gasteiger partial charge in [0.25, 0.3) is 0 Å². The molecular formula is C13H15NO4S. The van der Waals surface area contributed by atoms with Crippen LogP contribution in [0.5, 0.6) is 0 Å². The predicted octanol–water partition coefficient (Wildman–Crippen LogP) is 2.06. The first-order chi connectivity index (χ1) is 8.84. The molecule has 6 heteroatoms. The van der Waals surface area contributed by atoms with Crippen LogP contribution < -0.4 is 0 Å². The van der Waals surface area contributed by atoms with Gasteiger partial charge in [0.2, 0.25) is 0 Å². The molecule has 2 rings (SSSR count). The lowest BCUT2D eigenvalue weighted by molar-refractivity contribution is 0.0528. The van der Waals surface area contributed by atoms with Gasteiger partial charge in [-0.25, -0.2) is 13.2 Å². The molecule has 0 fully saturated rings. The number of nitrogens with one attached hydrogen (secondary N) is 1. The Morgan fingerprint density at radius 3 is 2.63 bits per heavy atom. The number of aromatic amines is 1. The number of hydrogen-bond acceptors (Lipinski definition) is 4. The summed E-state index contributed by atoms with van der Waals surface area (Å²) in [6, 6.07) is 4.67. The van der Waals surface area contributed by atoms with Crippen molar-refractivity contribution in [1.82, 2.24) is 4.98 Å². The van der Waals surface area contributed by atoms with E-state index >= 15 is 0 Å². The molecule has 19 heavy (non-hydrogen) atoms. The molecule has 0 radical (unpaired) electrons. The van der Waals surface area contributed by atoms with Crippen molar-refractivity contribution in [3.63, 3.8) is 0 Å². The third-order valence-corrected chi connectivity index (χ3v) is 3.98. The lowest BCUT2D eigenvalue weighted by atomic mass is 10.1. The van der Waals surface area contributed by atoms with Crippen LogP contribution in [0.4, 0.5) is 0 Å². The second-order valence-corrected chi connectivity index (χ2v) is 6.34. The van der Waals surface area contributed by atoms with Gasteiger partial charge in [-0.1, -0.05) is 0 Å². The molecule has 5 nitrogen and oxygen atoms in total. The molecule has 0 unspecified atom stereocenters. The van der Waals surface area contributed by atoms with Gasteiger partial charge < -0.3 is 9.72 Å². The van der Waals surface area contributed by atoms with E-state index in [2.05, 4.69) is 4.98 Å². The van der Waals surface area contributed by atoms with Crippen LogP contribution in [0.15, 0.2) is 23.1 Å². The fourth-order valence-corrected chi connectivity index (χ4v) is 2.65. The summed E-state index contributed by atoms with van der Waals surface area (Å²) in [5.74, 6) is -0.447. The van der Waals surface area contributed by atoms with Gasteiger partial charge in [0.1, 0.15) is 0 Å². The SMILES string of the molecule is CCOC(=O)c1c(C)[nH]c2ccc(S(C)(=O)=O)cc12. The maximum Gasteiger partial charge on any atom is 0.340 e. The van der Waals surface area contributed by atoms with Crippen molar-refractivity contribution in [1.29, 1.82) is 0 Å². The minimum absolute atomic E-state index is 0.185. The lowest BCUT2D eigenvalue weighted by Gasteiger charge is -2.02. The topological polar surface area (TPSA) is 76.2 Å². The highest BCUT2D eigenvalue weighted by molar-refractivity contribution is 7.90. The number of hydrogen-bond donors (Lipinski definition) is 1.